The van der Waals surface area contributed by atoms with Crippen molar-refractivity contribution in [2.75, 3.05) is 5.32 Å². The SMILES string of the molecule is O=[N+]([O-])c1c(Nc2ncccn2)ccc2ccccc12. The molecule has 0 unspecified atom stereocenters. The number of anilines is 2. The van der Waals surface area contributed by atoms with Crippen LogP contribution in [-0.4, -0.2) is 14.9 Å². The minimum absolute atomic E-state index is 0.0237. The zero-order valence-electron chi connectivity index (χ0n) is 10.4. The predicted molar refractivity (Wildman–Crippen MR) is 75.9 cm³/mol. The highest BCUT2D eigenvalue weighted by atomic mass is 16.6. The van der Waals surface area contributed by atoms with Gasteiger partial charge in [-0.15, -0.1) is 0 Å². The molecule has 1 heterocycles. The Bertz CT molecular complexity index is 774. The van der Waals surface area contributed by atoms with E-state index >= 15 is 0 Å². The number of fused-ring (bicyclic) bond motifs is 1. The first-order valence-electron chi connectivity index (χ1n) is 5.96. The lowest BCUT2D eigenvalue weighted by Gasteiger charge is -2.07. The van der Waals surface area contributed by atoms with Crippen molar-refractivity contribution < 1.29 is 4.92 Å². The van der Waals surface area contributed by atoms with Crippen molar-refractivity contribution in [3.8, 4) is 0 Å². The molecule has 1 aromatic heterocycles. The van der Waals surface area contributed by atoms with Gasteiger partial charge in [0.1, 0.15) is 5.69 Å². The molecule has 0 bridgehead atoms. The van der Waals surface area contributed by atoms with Crippen LogP contribution in [-0.2, 0) is 0 Å². The molecule has 0 atom stereocenters. The third-order valence-corrected chi connectivity index (χ3v) is 2.90. The van der Waals surface area contributed by atoms with Gasteiger partial charge in [0.25, 0.3) is 0 Å². The molecule has 20 heavy (non-hydrogen) atoms. The fourth-order valence-electron chi connectivity index (χ4n) is 2.04. The molecule has 0 fully saturated rings. The standard InChI is InChI=1S/C14H10N4O2/c19-18(20)13-11-5-2-1-4-10(11)6-7-12(13)17-14-15-8-3-9-16-14/h1-9H,(H,15,16,17). The van der Waals surface area contributed by atoms with Gasteiger partial charge >= 0.3 is 5.69 Å². The van der Waals surface area contributed by atoms with Gasteiger partial charge in [-0.25, -0.2) is 9.97 Å². The minimum atomic E-state index is -0.395. The average molecular weight is 266 g/mol. The minimum Gasteiger partial charge on any atom is -0.318 e. The largest absolute Gasteiger partial charge is 0.318 e. The molecule has 0 spiro atoms. The van der Waals surface area contributed by atoms with Crippen LogP contribution in [0.4, 0.5) is 17.3 Å². The van der Waals surface area contributed by atoms with E-state index in [2.05, 4.69) is 15.3 Å². The number of hydrogen-bond acceptors (Lipinski definition) is 5. The van der Waals surface area contributed by atoms with E-state index in [1.54, 1.807) is 36.7 Å². The van der Waals surface area contributed by atoms with Gasteiger partial charge in [0.15, 0.2) is 0 Å². The van der Waals surface area contributed by atoms with Crippen LogP contribution in [0.1, 0.15) is 0 Å². The van der Waals surface area contributed by atoms with E-state index in [1.165, 1.54) is 0 Å². The molecule has 6 heteroatoms. The lowest BCUT2D eigenvalue weighted by atomic mass is 10.1. The molecule has 1 N–H and O–H groups in total. The second kappa shape index (κ2) is 4.93. The average Bonchev–Trinajstić information content (AvgIpc) is 2.47. The first kappa shape index (κ1) is 12.0. The summed E-state index contributed by atoms with van der Waals surface area (Å²) in [5.74, 6) is 0.325. The number of hydrogen-bond donors (Lipinski definition) is 1. The number of nitrogens with one attached hydrogen (secondary N) is 1. The highest BCUT2D eigenvalue weighted by molar-refractivity contribution is 5.97. The molecule has 3 aromatic rings. The quantitative estimate of drug-likeness (QED) is 0.581. The normalized spacial score (nSPS) is 10.4. The van der Waals surface area contributed by atoms with E-state index in [0.717, 1.165) is 5.39 Å². The fraction of sp³-hybridized carbons (Fsp3) is 0. The lowest BCUT2D eigenvalue weighted by molar-refractivity contribution is -0.382. The van der Waals surface area contributed by atoms with Crippen molar-refractivity contribution in [2.45, 2.75) is 0 Å². The summed E-state index contributed by atoms with van der Waals surface area (Å²) >= 11 is 0. The third kappa shape index (κ3) is 2.14. The highest BCUT2D eigenvalue weighted by Gasteiger charge is 2.18. The first-order chi connectivity index (χ1) is 9.75. The van der Waals surface area contributed by atoms with Crippen LogP contribution >= 0.6 is 0 Å². The topological polar surface area (TPSA) is 81.0 Å². The molecule has 0 saturated heterocycles. The summed E-state index contributed by atoms with van der Waals surface area (Å²) in [6, 6.07) is 12.4. The van der Waals surface area contributed by atoms with Crippen LogP contribution in [0.5, 0.6) is 0 Å². The van der Waals surface area contributed by atoms with Crippen molar-refractivity contribution in [3.63, 3.8) is 0 Å². The maximum absolute atomic E-state index is 11.4. The molecule has 0 amide bonds. The fourth-order valence-corrected chi connectivity index (χ4v) is 2.04. The summed E-state index contributed by atoms with van der Waals surface area (Å²) < 4.78 is 0. The maximum atomic E-state index is 11.4. The van der Waals surface area contributed by atoms with Gasteiger partial charge < -0.3 is 5.32 Å². The summed E-state index contributed by atoms with van der Waals surface area (Å²) in [4.78, 5) is 19.0. The Morgan fingerprint density at radius 3 is 2.50 bits per heavy atom. The van der Waals surface area contributed by atoms with Crippen LogP contribution in [0, 0.1) is 10.1 Å². The molecular weight excluding hydrogens is 256 g/mol. The number of benzene rings is 2. The van der Waals surface area contributed by atoms with E-state index in [4.69, 9.17) is 0 Å². The Morgan fingerprint density at radius 2 is 1.75 bits per heavy atom. The summed E-state index contributed by atoms with van der Waals surface area (Å²) in [6.07, 6.45) is 3.14. The van der Waals surface area contributed by atoms with Crippen LogP contribution in [0.2, 0.25) is 0 Å². The lowest BCUT2D eigenvalue weighted by Crippen LogP contribution is -2.00. The zero-order valence-corrected chi connectivity index (χ0v) is 10.4. The molecule has 0 aliphatic rings. The van der Waals surface area contributed by atoms with Crippen LogP contribution in [0.15, 0.2) is 54.9 Å². The van der Waals surface area contributed by atoms with Gasteiger partial charge in [-0.3, -0.25) is 10.1 Å². The van der Waals surface area contributed by atoms with Gasteiger partial charge in [0.2, 0.25) is 5.95 Å². The van der Waals surface area contributed by atoms with E-state index < -0.39 is 4.92 Å². The van der Waals surface area contributed by atoms with Crippen molar-refractivity contribution in [2.24, 2.45) is 0 Å². The van der Waals surface area contributed by atoms with Crippen LogP contribution in [0.25, 0.3) is 10.8 Å². The molecule has 98 valence electrons. The number of nitro benzene ring substituents is 1. The molecule has 2 aromatic carbocycles. The van der Waals surface area contributed by atoms with E-state index in [9.17, 15) is 10.1 Å². The Morgan fingerprint density at radius 1 is 1.00 bits per heavy atom. The number of nitrogens with zero attached hydrogens (tertiary/aromatic N) is 3. The van der Waals surface area contributed by atoms with Gasteiger partial charge in [0.05, 0.1) is 10.3 Å². The maximum Gasteiger partial charge on any atom is 0.300 e. The van der Waals surface area contributed by atoms with E-state index in [0.29, 0.717) is 17.0 Å². The number of rotatable bonds is 3. The van der Waals surface area contributed by atoms with Crippen LogP contribution < -0.4 is 5.32 Å². The van der Waals surface area contributed by atoms with E-state index in [-0.39, 0.29) is 5.69 Å². The van der Waals surface area contributed by atoms with Gasteiger partial charge in [-0.1, -0.05) is 24.3 Å². The van der Waals surface area contributed by atoms with Crippen molar-refractivity contribution in [3.05, 3.63) is 65.0 Å². The summed E-state index contributed by atoms with van der Waals surface area (Å²) in [5.41, 5.74) is 0.399. The summed E-state index contributed by atoms with van der Waals surface area (Å²) in [7, 11) is 0. The second-order valence-corrected chi connectivity index (χ2v) is 4.14. The summed E-state index contributed by atoms with van der Waals surface area (Å²) in [5, 5.41) is 15.6. The zero-order chi connectivity index (χ0) is 13.9. The highest BCUT2D eigenvalue weighted by Crippen LogP contribution is 2.34. The smallest absolute Gasteiger partial charge is 0.300 e. The molecule has 3 rings (SSSR count). The second-order valence-electron chi connectivity index (χ2n) is 4.14. The Hall–Kier alpha value is -3.02. The number of aromatic nitrogens is 2. The first-order valence-corrected chi connectivity index (χ1v) is 5.96. The Balaban J connectivity index is 2.15. The van der Waals surface area contributed by atoms with Gasteiger partial charge in [0, 0.05) is 12.4 Å². The molecule has 0 saturated carbocycles. The molecule has 0 aliphatic heterocycles. The van der Waals surface area contributed by atoms with Crippen molar-refractivity contribution in [1.82, 2.24) is 9.97 Å². The molecule has 6 nitrogen and oxygen atoms in total. The third-order valence-electron chi connectivity index (χ3n) is 2.90. The summed E-state index contributed by atoms with van der Waals surface area (Å²) in [6.45, 7) is 0. The molecule has 0 aliphatic carbocycles. The Labute approximate surface area is 114 Å². The van der Waals surface area contributed by atoms with Crippen molar-refractivity contribution >= 4 is 28.1 Å². The van der Waals surface area contributed by atoms with Crippen molar-refractivity contribution in [1.29, 1.82) is 0 Å². The molecule has 0 radical (unpaired) electrons. The number of nitro groups is 1. The van der Waals surface area contributed by atoms with E-state index in [1.807, 2.05) is 18.2 Å². The predicted octanol–water partition coefficient (Wildman–Crippen LogP) is 3.28. The molecular formula is C14H10N4O2. The van der Waals surface area contributed by atoms with Gasteiger partial charge in [-0.2, -0.15) is 0 Å². The monoisotopic (exact) mass is 266 g/mol. The van der Waals surface area contributed by atoms with Crippen LogP contribution in [0.3, 0.4) is 0 Å². The Kier molecular flexibility index (Phi) is 2.96. The van der Waals surface area contributed by atoms with Gasteiger partial charge in [-0.05, 0) is 23.6 Å².